The van der Waals surface area contributed by atoms with E-state index >= 15 is 0 Å². The van der Waals surface area contributed by atoms with E-state index < -0.39 is 12.1 Å². The highest BCUT2D eigenvalue weighted by molar-refractivity contribution is 5.80. The molecular formula is C19H22F4N2O2. The molecule has 27 heavy (non-hydrogen) atoms. The van der Waals surface area contributed by atoms with Gasteiger partial charge in [0.1, 0.15) is 11.6 Å². The van der Waals surface area contributed by atoms with Gasteiger partial charge in [0.05, 0.1) is 18.4 Å². The molecule has 3 atom stereocenters. The molecule has 1 aromatic rings. The summed E-state index contributed by atoms with van der Waals surface area (Å²) in [6.45, 7) is 1.11. The van der Waals surface area contributed by atoms with Gasteiger partial charge in [-0.2, -0.15) is 13.2 Å². The Morgan fingerprint density at radius 1 is 1.22 bits per heavy atom. The van der Waals surface area contributed by atoms with E-state index in [9.17, 15) is 22.4 Å². The van der Waals surface area contributed by atoms with Crippen LogP contribution in [0.4, 0.5) is 17.6 Å². The number of rotatable bonds is 1. The lowest BCUT2D eigenvalue weighted by Gasteiger charge is -2.36. The summed E-state index contributed by atoms with van der Waals surface area (Å²) in [6.07, 6.45) is -4.29. The molecule has 0 radical (unpaired) electrons. The number of halogens is 4. The molecule has 3 aliphatic heterocycles. The van der Waals surface area contributed by atoms with Gasteiger partial charge in [-0.15, -0.1) is 0 Å². The topological polar surface area (TPSA) is 32.8 Å². The molecule has 3 heterocycles. The smallest absolute Gasteiger partial charge is 0.391 e. The van der Waals surface area contributed by atoms with Crippen LogP contribution < -0.4 is 4.74 Å². The number of hydrogen-bond acceptors (Lipinski definition) is 3. The molecule has 8 heteroatoms. The highest BCUT2D eigenvalue weighted by Gasteiger charge is 2.50. The van der Waals surface area contributed by atoms with Crippen LogP contribution in [0, 0.1) is 23.6 Å². The van der Waals surface area contributed by atoms with Crippen molar-refractivity contribution in [3.05, 3.63) is 29.6 Å². The van der Waals surface area contributed by atoms with E-state index in [0.717, 1.165) is 5.56 Å². The van der Waals surface area contributed by atoms with E-state index in [1.165, 1.54) is 12.1 Å². The predicted molar refractivity (Wildman–Crippen MR) is 89.6 cm³/mol. The van der Waals surface area contributed by atoms with Crippen molar-refractivity contribution in [1.82, 2.24) is 9.80 Å². The third-order valence-corrected chi connectivity index (χ3v) is 6.19. The zero-order chi connectivity index (χ0) is 19.3. The van der Waals surface area contributed by atoms with Crippen LogP contribution in [0.2, 0.25) is 0 Å². The number of benzene rings is 1. The summed E-state index contributed by atoms with van der Waals surface area (Å²) >= 11 is 0. The SMILES string of the molecule is CN1C[C@@H](C(=O)N2CCC(C(F)(F)F)CC2)[C@@H]2COc3ccc(F)cc3[C@@H]21. The summed E-state index contributed by atoms with van der Waals surface area (Å²) < 4.78 is 58.1. The van der Waals surface area contributed by atoms with Gasteiger partial charge < -0.3 is 9.64 Å². The third-order valence-electron chi connectivity index (χ3n) is 6.19. The number of amides is 1. The van der Waals surface area contributed by atoms with Crippen LogP contribution in [0.5, 0.6) is 5.75 Å². The molecule has 1 amide bonds. The molecule has 2 fully saturated rings. The summed E-state index contributed by atoms with van der Waals surface area (Å²) in [5.74, 6) is -1.64. The van der Waals surface area contributed by atoms with Crippen LogP contribution in [-0.4, -0.2) is 55.2 Å². The zero-order valence-electron chi connectivity index (χ0n) is 15.0. The molecule has 4 nitrogen and oxygen atoms in total. The normalized spacial score (nSPS) is 29.2. The van der Waals surface area contributed by atoms with E-state index in [4.69, 9.17) is 4.74 Å². The van der Waals surface area contributed by atoms with E-state index in [0.29, 0.717) is 18.9 Å². The predicted octanol–water partition coefficient (Wildman–Crippen LogP) is 3.24. The van der Waals surface area contributed by atoms with E-state index in [1.807, 2.05) is 11.9 Å². The van der Waals surface area contributed by atoms with Crippen molar-refractivity contribution in [2.45, 2.75) is 25.1 Å². The van der Waals surface area contributed by atoms with Gasteiger partial charge in [0.2, 0.25) is 5.91 Å². The van der Waals surface area contributed by atoms with Crippen molar-refractivity contribution in [2.24, 2.45) is 17.8 Å². The van der Waals surface area contributed by atoms with Crippen LogP contribution in [0.3, 0.4) is 0 Å². The Labute approximate surface area is 155 Å². The molecule has 1 aromatic carbocycles. The van der Waals surface area contributed by atoms with Gasteiger partial charge in [-0.3, -0.25) is 9.69 Å². The molecule has 148 valence electrons. The fourth-order valence-corrected chi connectivity index (χ4v) is 4.77. The minimum atomic E-state index is -4.20. The Morgan fingerprint density at radius 3 is 2.59 bits per heavy atom. The molecule has 0 aliphatic carbocycles. The van der Waals surface area contributed by atoms with Crippen LogP contribution in [0.1, 0.15) is 24.4 Å². The van der Waals surface area contributed by atoms with E-state index in [1.54, 1.807) is 11.0 Å². The summed E-state index contributed by atoms with van der Waals surface area (Å²) in [7, 11) is 1.89. The Hall–Kier alpha value is -1.83. The molecule has 0 aromatic heterocycles. The van der Waals surface area contributed by atoms with Crippen LogP contribution in [0.15, 0.2) is 18.2 Å². The number of hydrogen-bond donors (Lipinski definition) is 0. The lowest BCUT2D eigenvalue weighted by molar-refractivity contribution is -0.187. The maximum absolute atomic E-state index is 13.7. The number of ether oxygens (including phenoxy) is 1. The standard InChI is InChI=1S/C19H22F4N2O2/c1-24-9-14(18(26)25-6-4-11(5-7-25)19(21,22)23)15-10-27-16-3-2-12(20)8-13(16)17(15)24/h2-3,8,11,14-15,17H,4-7,9-10H2,1H3/t14-,15+,17+/m1/s1. The zero-order valence-corrected chi connectivity index (χ0v) is 15.0. The molecular weight excluding hydrogens is 364 g/mol. The number of nitrogens with zero attached hydrogens (tertiary/aromatic N) is 2. The molecule has 0 unspecified atom stereocenters. The number of carbonyl (C=O) groups is 1. The second-order valence-corrected chi connectivity index (χ2v) is 7.79. The van der Waals surface area contributed by atoms with Gasteiger partial charge in [-0.1, -0.05) is 0 Å². The van der Waals surface area contributed by atoms with Crippen molar-refractivity contribution in [3.63, 3.8) is 0 Å². The summed E-state index contributed by atoms with van der Waals surface area (Å²) in [6, 6.07) is 4.28. The molecule has 0 bridgehead atoms. The number of fused-ring (bicyclic) bond motifs is 3. The van der Waals surface area contributed by atoms with Crippen molar-refractivity contribution < 1.29 is 27.1 Å². The maximum Gasteiger partial charge on any atom is 0.391 e. The van der Waals surface area contributed by atoms with E-state index in [-0.39, 0.29) is 55.5 Å². The quantitative estimate of drug-likeness (QED) is 0.695. The molecule has 0 spiro atoms. The minimum Gasteiger partial charge on any atom is -0.493 e. The first-order chi connectivity index (χ1) is 12.8. The second-order valence-electron chi connectivity index (χ2n) is 7.79. The van der Waals surface area contributed by atoms with Crippen LogP contribution in [0.25, 0.3) is 0 Å². The first-order valence-electron chi connectivity index (χ1n) is 9.23. The molecule has 3 aliphatic rings. The van der Waals surface area contributed by atoms with Crippen molar-refractivity contribution in [1.29, 1.82) is 0 Å². The highest BCUT2D eigenvalue weighted by Crippen LogP contribution is 2.47. The van der Waals surface area contributed by atoms with Crippen molar-refractivity contribution in [3.8, 4) is 5.75 Å². The van der Waals surface area contributed by atoms with Gasteiger partial charge >= 0.3 is 6.18 Å². The average molecular weight is 386 g/mol. The summed E-state index contributed by atoms with van der Waals surface area (Å²) in [4.78, 5) is 16.6. The lowest BCUT2D eigenvalue weighted by atomic mass is 9.84. The van der Waals surface area contributed by atoms with Gasteiger partial charge in [0, 0.05) is 37.2 Å². The molecule has 0 saturated carbocycles. The fraction of sp³-hybridized carbons (Fsp3) is 0.632. The van der Waals surface area contributed by atoms with Gasteiger partial charge in [0.15, 0.2) is 0 Å². The maximum atomic E-state index is 13.7. The monoisotopic (exact) mass is 386 g/mol. The second kappa shape index (κ2) is 6.65. The highest BCUT2D eigenvalue weighted by atomic mass is 19.4. The number of alkyl halides is 3. The largest absolute Gasteiger partial charge is 0.493 e. The Kier molecular flexibility index (Phi) is 4.56. The Morgan fingerprint density at radius 2 is 1.93 bits per heavy atom. The van der Waals surface area contributed by atoms with Crippen molar-refractivity contribution in [2.75, 3.05) is 33.3 Å². The number of piperidine rings is 1. The lowest BCUT2D eigenvalue weighted by Crippen LogP contribution is -2.46. The summed E-state index contributed by atoms with van der Waals surface area (Å²) in [5, 5.41) is 0. The first kappa shape index (κ1) is 18.5. The number of carbonyl (C=O) groups excluding carboxylic acids is 1. The molecule has 4 rings (SSSR count). The molecule has 2 saturated heterocycles. The Bertz CT molecular complexity index is 731. The van der Waals surface area contributed by atoms with Crippen LogP contribution in [-0.2, 0) is 4.79 Å². The van der Waals surface area contributed by atoms with E-state index in [2.05, 4.69) is 0 Å². The third kappa shape index (κ3) is 3.28. The van der Waals surface area contributed by atoms with Gasteiger partial charge in [-0.05, 0) is 38.1 Å². The average Bonchev–Trinajstić information content (AvgIpc) is 2.97. The fourth-order valence-electron chi connectivity index (χ4n) is 4.77. The van der Waals surface area contributed by atoms with Crippen molar-refractivity contribution >= 4 is 5.91 Å². The number of likely N-dealkylation sites (tertiary alicyclic amines) is 2. The first-order valence-corrected chi connectivity index (χ1v) is 9.23. The van der Waals surface area contributed by atoms with Crippen LogP contribution >= 0.6 is 0 Å². The van der Waals surface area contributed by atoms with Gasteiger partial charge in [-0.25, -0.2) is 4.39 Å². The van der Waals surface area contributed by atoms with Gasteiger partial charge in [0.25, 0.3) is 0 Å². The Balaban J connectivity index is 1.49. The summed E-state index contributed by atoms with van der Waals surface area (Å²) in [5.41, 5.74) is 0.736. The minimum absolute atomic E-state index is 0.0452. The molecule has 0 N–H and O–H groups in total.